The fourth-order valence-electron chi connectivity index (χ4n) is 4.51. The first-order chi connectivity index (χ1) is 17.0. The number of pyridine rings is 1. The van der Waals surface area contributed by atoms with Crippen LogP contribution in [0.15, 0.2) is 47.4 Å². The Kier molecular flexibility index (Phi) is 7.93. The van der Waals surface area contributed by atoms with E-state index in [9.17, 15) is 4.79 Å². The summed E-state index contributed by atoms with van der Waals surface area (Å²) in [6.07, 6.45) is 2.30. The zero-order valence-corrected chi connectivity index (χ0v) is 21.4. The minimum atomic E-state index is -0.118. The molecule has 2 atom stereocenters. The molecule has 2 aromatic heterocycles. The van der Waals surface area contributed by atoms with Gasteiger partial charge in [-0.05, 0) is 50.6 Å². The highest BCUT2D eigenvalue weighted by molar-refractivity contribution is 6.33. The molecule has 0 aliphatic carbocycles. The van der Waals surface area contributed by atoms with Crippen LogP contribution >= 0.6 is 11.6 Å². The number of rotatable bonds is 9. The van der Waals surface area contributed by atoms with E-state index in [0.717, 1.165) is 5.82 Å². The van der Waals surface area contributed by atoms with Gasteiger partial charge in [-0.2, -0.15) is 0 Å². The van der Waals surface area contributed by atoms with Gasteiger partial charge in [0.25, 0.3) is 5.56 Å². The number of aryl methyl sites for hydroxylation is 1. The Morgan fingerprint density at radius 3 is 2.63 bits per heavy atom. The molecule has 1 aliphatic rings. The molecule has 4 rings (SSSR count). The van der Waals surface area contributed by atoms with Crippen molar-refractivity contribution in [2.24, 2.45) is 0 Å². The van der Waals surface area contributed by atoms with Gasteiger partial charge in [-0.25, -0.2) is 9.97 Å². The second-order valence-corrected chi connectivity index (χ2v) is 8.75. The van der Waals surface area contributed by atoms with Gasteiger partial charge in [0.2, 0.25) is 0 Å². The van der Waals surface area contributed by atoms with E-state index >= 15 is 0 Å². The van der Waals surface area contributed by atoms with E-state index in [2.05, 4.69) is 15.2 Å². The predicted molar refractivity (Wildman–Crippen MR) is 140 cm³/mol. The van der Waals surface area contributed by atoms with E-state index < -0.39 is 0 Å². The maximum absolute atomic E-state index is 13.7. The highest BCUT2D eigenvalue weighted by Gasteiger charge is 2.35. The minimum absolute atomic E-state index is 0.0857. The summed E-state index contributed by atoms with van der Waals surface area (Å²) in [7, 11) is 1.59. The lowest BCUT2D eigenvalue weighted by Crippen LogP contribution is -2.38. The van der Waals surface area contributed by atoms with E-state index in [-0.39, 0.29) is 17.7 Å². The van der Waals surface area contributed by atoms with Crippen molar-refractivity contribution in [2.45, 2.75) is 45.9 Å². The molecule has 1 fully saturated rings. The number of aromatic nitrogens is 3. The van der Waals surface area contributed by atoms with Crippen molar-refractivity contribution >= 4 is 23.1 Å². The zero-order valence-electron chi connectivity index (χ0n) is 20.6. The number of anilines is 2. The molecule has 1 N–H and O–H groups in total. The highest BCUT2D eigenvalue weighted by Crippen LogP contribution is 2.31. The second-order valence-electron chi connectivity index (χ2n) is 8.34. The number of nitrogens with one attached hydrogen (secondary N) is 1. The van der Waals surface area contributed by atoms with Crippen molar-refractivity contribution in [3.8, 4) is 17.1 Å². The van der Waals surface area contributed by atoms with Gasteiger partial charge in [-0.15, -0.1) is 0 Å². The largest absolute Gasteiger partial charge is 0.497 e. The SMILES string of the molecule is CCO[C@@H]1CN(c2ccccn2)C[C@H]1Nc1c(CC)nc(-c2ccc(OC)cc2Cl)n(CC)c1=O. The van der Waals surface area contributed by atoms with Gasteiger partial charge < -0.3 is 19.7 Å². The zero-order chi connectivity index (χ0) is 24.9. The number of methoxy groups -OCH3 is 1. The summed E-state index contributed by atoms with van der Waals surface area (Å²) in [6, 6.07) is 11.2. The van der Waals surface area contributed by atoms with Crippen molar-refractivity contribution in [3.05, 3.63) is 63.7 Å². The van der Waals surface area contributed by atoms with Gasteiger partial charge >= 0.3 is 0 Å². The van der Waals surface area contributed by atoms with Gasteiger partial charge in [0.1, 0.15) is 23.1 Å². The molecular weight excluding hydrogens is 466 g/mol. The molecule has 3 heterocycles. The van der Waals surface area contributed by atoms with Crippen molar-refractivity contribution in [3.63, 3.8) is 0 Å². The molecule has 35 heavy (non-hydrogen) atoms. The second kappa shape index (κ2) is 11.1. The van der Waals surface area contributed by atoms with Crippen molar-refractivity contribution in [1.82, 2.24) is 14.5 Å². The van der Waals surface area contributed by atoms with E-state index in [0.29, 0.717) is 66.2 Å². The van der Waals surface area contributed by atoms with Gasteiger partial charge in [-0.3, -0.25) is 9.36 Å². The summed E-state index contributed by atoms with van der Waals surface area (Å²) in [4.78, 5) is 25.3. The number of hydrogen-bond acceptors (Lipinski definition) is 7. The van der Waals surface area contributed by atoms with Gasteiger partial charge in [0.15, 0.2) is 0 Å². The average Bonchev–Trinajstić information content (AvgIpc) is 3.28. The Hall–Kier alpha value is -3.10. The maximum atomic E-state index is 13.7. The summed E-state index contributed by atoms with van der Waals surface area (Å²) < 4.78 is 13.0. The lowest BCUT2D eigenvalue weighted by atomic mass is 10.1. The molecule has 0 radical (unpaired) electrons. The van der Waals surface area contributed by atoms with Gasteiger partial charge in [-0.1, -0.05) is 24.6 Å². The Morgan fingerprint density at radius 1 is 1.17 bits per heavy atom. The molecule has 0 saturated carbocycles. The normalized spacial score (nSPS) is 17.6. The number of halogens is 1. The number of nitrogens with zero attached hydrogens (tertiary/aromatic N) is 4. The minimum Gasteiger partial charge on any atom is -0.497 e. The first-order valence-corrected chi connectivity index (χ1v) is 12.4. The van der Waals surface area contributed by atoms with Crippen molar-refractivity contribution in [1.29, 1.82) is 0 Å². The van der Waals surface area contributed by atoms with Gasteiger partial charge in [0.05, 0.1) is 30.0 Å². The molecule has 0 spiro atoms. The lowest BCUT2D eigenvalue weighted by molar-refractivity contribution is 0.0719. The van der Waals surface area contributed by atoms with Crippen LogP contribution in [0.1, 0.15) is 26.5 Å². The summed E-state index contributed by atoms with van der Waals surface area (Å²) in [5.74, 6) is 2.10. The average molecular weight is 498 g/mol. The topological polar surface area (TPSA) is 81.5 Å². The fourth-order valence-corrected chi connectivity index (χ4v) is 4.77. The highest BCUT2D eigenvalue weighted by atomic mass is 35.5. The summed E-state index contributed by atoms with van der Waals surface area (Å²) in [6.45, 7) is 8.32. The smallest absolute Gasteiger partial charge is 0.277 e. The predicted octanol–water partition coefficient (Wildman–Crippen LogP) is 4.26. The van der Waals surface area contributed by atoms with E-state index in [1.165, 1.54) is 0 Å². The molecule has 9 heteroatoms. The molecule has 3 aromatic rings. The maximum Gasteiger partial charge on any atom is 0.277 e. The third kappa shape index (κ3) is 5.13. The number of ether oxygens (including phenoxy) is 2. The van der Waals surface area contributed by atoms with Crippen molar-refractivity contribution in [2.75, 3.05) is 37.0 Å². The van der Waals surface area contributed by atoms with E-state index in [1.54, 1.807) is 23.9 Å². The van der Waals surface area contributed by atoms with Crippen LogP contribution in [-0.2, 0) is 17.7 Å². The van der Waals surface area contributed by atoms with Crippen LogP contribution in [0.2, 0.25) is 5.02 Å². The molecule has 1 aliphatic heterocycles. The molecule has 8 nitrogen and oxygen atoms in total. The Balaban J connectivity index is 1.71. The molecule has 0 bridgehead atoms. The first kappa shape index (κ1) is 25.0. The van der Waals surface area contributed by atoms with Crippen LogP contribution < -0.4 is 20.5 Å². The Bertz CT molecular complexity index is 1220. The number of benzene rings is 1. The number of hydrogen-bond donors (Lipinski definition) is 1. The monoisotopic (exact) mass is 497 g/mol. The van der Waals surface area contributed by atoms with E-state index in [1.807, 2.05) is 51.1 Å². The Morgan fingerprint density at radius 2 is 2.00 bits per heavy atom. The quantitative estimate of drug-likeness (QED) is 0.473. The van der Waals surface area contributed by atoms with Gasteiger partial charge in [0, 0.05) is 38.0 Å². The summed E-state index contributed by atoms with van der Waals surface area (Å²) in [5, 5.41) is 3.99. The standard InChI is InChI=1S/C26H32ClN5O3/c1-5-20-24(29-21-15-31(16-22(21)35-7-3)23-10-8-9-13-28-23)26(33)32(6-2)25(30-20)18-12-11-17(34-4)14-19(18)27/h8-14,21-22,29H,5-7,15-16H2,1-4H3/t21-,22-/m1/s1. The molecule has 186 valence electrons. The fraction of sp³-hybridized carbons (Fsp3) is 0.423. The lowest BCUT2D eigenvalue weighted by Gasteiger charge is -2.23. The van der Waals surface area contributed by atoms with Crippen LogP contribution in [0.5, 0.6) is 5.75 Å². The molecule has 1 saturated heterocycles. The molecule has 1 aromatic carbocycles. The molecule has 0 unspecified atom stereocenters. The van der Waals surface area contributed by atoms with Crippen LogP contribution in [0, 0.1) is 0 Å². The third-order valence-corrected chi connectivity index (χ3v) is 6.58. The summed E-state index contributed by atoms with van der Waals surface area (Å²) >= 11 is 6.55. The van der Waals surface area contributed by atoms with Crippen LogP contribution in [0.25, 0.3) is 11.4 Å². The van der Waals surface area contributed by atoms with Crippen LogP contribution in [0.4, 0.5) is 11.5 Å². The first-order valence-electron chi connectivity index (χ1n) is 12.0. The molecule has 0 amide bonds. The van der Waals surface area contributed by atoms with Crippen LogP contribution in [-0.4, -0.2) is 53.5 Å². The van der Waals surface area contributed by atoms with E-state index in [4.69, 9.17) is 26.1 Å². The summed E-state index contributed by atoms with van der Waals surface area (Å²) in [5.41, 5.74) is 1.79. The Labute approximate surface area is 210 Å². The molecular formula is C26H32ClN5O3. The van der Waals surface area contributed by atoms with Crippen LogP contribution in [0.3, 0.4) is 0 Å². The third-order valence-electron chi connectivity index (χ3n) is 6.26. The van der Waals surface area contributed by atoms with Crippen molar-refractivity contribution < 1.29 is 9.47 Å².